The lowest BCUT2D eigenvalue weighted by Gasteiger charge is -2.22. The molecule has 0 saturated carbocycles. The van der Waals surface area contributed by atoms with Gasteiger partial charge in [-0.15, -0.1) is 0 Å². The summed E-state index contributed by atoms with van der Waals surface area (Å²) in [5, 5.41) is 19.3. The molecule has 0 fully saturated rings. The van der Waals surface area contributed by atoms with Crippen LogP contribution < -0.4 is 0 Å². The zero-order chi connectivity index (χ0) is 15.5. The summed E-state index contributed by atoms with van der Waals surface area (Å²) in [6.07, 6.45) is 0. The highest BCUT2D eigenvalue weighted by atomic mass is 35.5. The number of nitriles is 1. The Morgan fingerprint density at radius 3 is 2.55 bits per heavy atom. The first-order valence-corrected chi connectivity index (χ1v) is 7.36. The molecule has 0 aromatic heterocycles. The molecule has 0 bridgehead atoms. The molecule has 0 N–H and O–H groups in total. The molecule has 0 amide bonds. The molecule has 7 nitrogen and oxygen atoms in total. The van der Waals surface area contributed by atoms with Crippen LogP contribution in [0.5, 0.6) is 0 Å². The fourth-order valence-electron chi connectivity index (χ4n) is 1.54. The van der Waals surface area contributed by atoms with Gasteiger partial charge in [0.1, 0.15) is 11.6 Å². The van der Waals surface area contributed by atoms with E-state index in [2.05, 4.69) is 0 Å². The van der Waals surface area contributed by atoms with Crippen molar-refractivity contribution in [2.24, 2.45) is 0 Å². The van der Waals surface area contributed by atoms with Crippen LogP contribution in [-0.4, -0.2) is 30.2 Å². The van der Waals surface area contributed by atoms with Gasteiger partial charge in [0.25, 0.3) is 5.69 Å². The number of rotatable bonds is 5. The van der Waals surface area contributed by atoms with Gasteiger partial charge in [0.2, 0.25) is 10.0 Å². The van der Waals surface area contributed by atoms with E-state index in [9.17, 15) is 18.5 Å². The molecule has 1 aromatic carbocycles. The molecule has 0 spiro atoms. The predicted molar refractivity (Wildman–Crippen MR) is 72.7 cm³/mol. The van der Waals surface area contributed by atoms with Crippen molar-refractivity contribution in [1.82, 2.24) is 4.31 Å². The van der Waals surface area contributed by atoms with E-state index in [4.69, 9.17) is 16.9 Å². The van der Waals surface area contributed by atoms with Gasteiger partial charge in [-0.2, -0.15) is 9.57 Å². The van der Waals surface area contributed by atoms with E-state index in [-0.39, 0.29) is 16.5 Å². The maximum atomic E-state index is 12.4. The molecule has 0 aliphatic rings. The first-order valence-electron chi connectivity index (χ1n) is 5.54. The Labute approximate surface area is 121 Å². The van der Waals surface area contributed by atoms with Crippen molar-refractivity contribution in [3.05, 3.63) is 33.3 Å². The van der Waals surface area contributed by atoms with Crippen molar-refractivity contribution in [1.29, 1.82) is 5.26 Å². The summed E-state index contributed by atoms with van der Waals surface area (Å²) in [6.45, 7) is 2.88. The van der Waals surface area contributed by atoms with Gasteiger partial charge in [-0.1, -0.05) is 11.6 Å². The van der Waals surface area contributed by atoms with Gasteiger partial charge in [0.05, 0.1) is 15.9 Å². The van der Waals surface area contributed by atoms with Crippen LogP contribution in [0.3, 0.4) is 0 Å². The van der Waals surface area contributed by atoms with Crippen LogP contribution >= 0.6 is 11.6 Å². The van der Waals surface area contributed by atoms with Gasteiger partial charge in [0, 0.05) is 12.1 Å². The lowest BCUT2D eigenvalue weighted by molar-refractivity contribution is -0.384. The van der Waals surface area contributed by atoms with Gasteiger partial charge < -0.3 is 0 Å². The van der Waals surface area contributed by atoms with Crippen LogP contribution in [0.1, 0.15) is 13.8 Å². The van der Waals surface area contributed by atoms with Crippen molar-refractivity contribution < 1.29 is 13.3 Å². The minimum Gasteiger partial charge on any atom is -0.258 e. The summed E-state index contributed by atoms with van der Waals surface area (Å²) >= 11 is 5.64. The monoisotopic (exact) mass is 317 g/mol. The number of nitro benzene ring substituents is 1. The molecule has 108 valence electrons. The third kappa shape index (κ3) is 3.25. The Hall–Kier alpha value is -1.69. The molecule has 0 aliphatic heterocycles. The molecule has 0 unspecified atom stereocenters. The van der Waals surface area contributed by atoms with Crippen LogP contribution in [-0.2, 0) is 10.0 Å². The normalized spacial score (nSPS) is 11.6. The molecule has 9 heteroatoms. The Balaban J connectivity index is 3.39. The van der Waals surface area contributed by atoms with E-state index in [1.807, 2.05) is 0 Å². The number of nitro groups is 1. The summed E-state index contributed by atoms with van der Waals surface area (Å²) in [4.78, 5) is 9.77. The second kappa shape index (κ2) is 6.17. The van der Waals surface area contributed by atoms with Crippen molar-refractivity contribution in [2.45, 2.75) is 24.8 Å². The first kappa shape index (κ1) is 16.4. The molecule has 0 aliphatic carbocycles. The average molecular weight is 318 g/mol. The number of benzene rings is 1. The smallest absolute Gasteiger partial charge is 0.258 e. The molecule has 1 aromatic rings. The van der Waals surface area contributed by atoms with Crippen LogP contribution in [0, 0.1) is 21.4 Å². The quantitative estimate of drug-likeness (QED) is 0.470. The maximum Gasteiger partial charge on any atom is 0.289 e. The third-order valence-corrected chi connectivity index (χ3v) is 4.86. The fraction of sp³-hybridized carbons (Fsp3) is 0.364. The highest BCUT2D eigenvalue weighted by Crippen LogP contribution is 2.28. The predicted octanol–water partition coefficient (Wildman–Crippen LogP) is 2.17. The second-order valence-electron chi connectivity index (χ2n) is 4.17. The standard InChI is InChI=1S/C11H12ClN3O4S/c1-8(2)14(6-5-13)20(18,19)9-3-4-10(12)11(7-9)15(16)17/h3-4,7-8H,6H2,1-2H3. The van der Waals surface area contributed by atoms with Crippen molar-refractivity contribution in [2.75, 3.05) is 6.54 Å². The summed E-state index contributed by atoms with van der Waals surface area (Å²) < 4.78 is 25.7. The summed E-state index contributed by atoms with van der Waals surface area (Å²) in [7, 11) is -3.99. The second-order valence-corrected chi connectivity index (χ2v) is 6.47. The highest BCUT2D eigenvalue weighted by molar-refractivity contribution is 7.89. The number of hydrogen-bond donors (Lipinski definition) is 0. The van der Waals surface area contributed by atoms with Gasteiger partial charge >= 0.3 is 0 Å². The molecular formula is C11H12ClN3O4S. The summed E-state index contributed by atoms with van der Waals surface area (Å²) in [5.74, 6) is 0. The van der Waals surface area contributed by atoms with Crippen LogP contribution in [0.25, 0.3) is 0 Å². The fourth-order valence-corrected chi connectivity index (χ4v) is 3.28. The van der Waals surface area contributed by atoms with Crippen LogP contribution in [0.4, 0.5) is 5.69 Å². The minimum absolute atomic E-state index is 0.148. The number of nitrogens with zero attached hydrogens (tertiary/aromatic N) is 3. The molecule has 1 rings (SSSR count). The minimum atomic E-state index is -3.99. The zero-order valence-electron chi connectivity index (χ0n) is 10.8. The summed E-state index contributed by atoms with van der Waals surface area (Å²) in [6, 6.07) is 4.53. The third-order valence-electron chi connectivity index (χ3n) is 2.52. The lowest BCUT2D eigenvalue weighted by atomic mass is 10.3. The molecule has 20 heavy (non-hydrogen) atoms. The Kier molecular flexibility index (Phi) is 5.05. The van der Waals surface area contributed by atoms with Crippen molar-refractivity contribution in [3.8, 4) is 6.07 Å². The highest BCUT2D eigenvalue weighted by Gasteiger charge is 2.29. The van der Waals surface area contributed by atoms with E-state index < -0.39 is 26.7 Å². The van der Waals surface area contributed by atoms with Gasteiger partial charge in [-0.05, 0) is 26.0 Å². The summed E-state index contributed by atoms with van der Waals surface area (Å²) in [5.41, 5.74) is -0.492. The molecule has 0 radical (unpaired) electrons. The van der Waals surface area contributed by atoms with Crippen LogP contribution in [0.15, 0.2) is 23.1 Å². The van der Waals surface area contributed by atoms with Gasteiger partial charge in [0.15, 0.2) is 0 Å². The lowest BCUT2D eigenvalue weighted by Crippen LogP contribution is -2.37. The maximum absolute atomic E-state index is 12.4. The molecule has 0 atom stereocenters. The largest absolute Gasteiger partial charge is 0.289 e. The van der Waals surface area contributed by atoms with E-state index in [1.165, 1.54) is 6.07 Å². The van der Waals surface area contributed by atoms with E-state index in [0.717, 1.165) is 16.4 Å². The van der Waals surface area contributed by atoms with E-state index in [1.54, 1.807) is 19.9 Å². The number of sulfonamides is 1. The number of hydrogen-bond acceptors (Lipinski definition) is 5. The SMILES string of the molecule is CC(C)N(CC#N)S(=O)(=O)c1ccc(Cl)c([N+](=O)[O-])c1. The van der Waals surface area contributed by atoms with Crippen LogP contribution in [0.2, 0.25) is 5.02 Å². The Morgan fingerprint density at radius 2 is 2.10 bits per heavy atom. The average Bonchev–Trinajstić information content (AvgIpc) is 2.35. The first-order chi connectivity index (χ1) is 9.21. The Morgan fingerprint density at radius 1 is 1.50 bits per heavy atom. The van der Waals surface area contributed by atoms with E-state index >= 15 is 0 Å². The Bertz CT molecular complexity index is 667. The van der Waals surface area contributed by atoms with Crippen molar-refractivity contribution in [3.63, 3.8) is 0 Å². The topological polar surface area (TPSA) is 104 Å². The zero-order valence-corrected chi connectivity index (χ0v) is 12.3. The van der Waals surface area contributed by atoms with Gasteiger partial charge in [-0.25, -0.2) is 8.42 Å². The molecule has 0 saturated heterocycles. The number of halogens is 1. The molecule has 0 heterocycles. The van der Waals surface area contributed by atoms with Crippen molar-refractivity contribution >= 4 is 27.3 Å². The van der Waals surface area contributed by atoms with E-state index in [0.29, 0.717) is 0 Å². The van der Waals surface area contributed by atoms with Gasteiger partial charge in [-0.3, -0.25) is 10.1 Å². The molecular weight excluding hydrogens is 306 g/mol.